The lowest BCUT2D eigenvalue weighted by Crippen LogP contribution is -2.29. The Hall–Kier alpha value is -1.74. The van der Waals surface area contributed by atoms with Crippen molar-refractivity contribution >= 4 is 74.3 Å². The summed E-state index contributed by atoms with van der Waals surface area (Å²) in [5.74, 6) is -0.252. The Kier molecular flexibility index (Phi) is 6.42. The minimum absolute atomic E-state index is 0.123. The molecule has 1 N–H and O–H groups in total. The molecule has 26 heavy (non-hydrogen) atoms. The van der Waals surface area contributed by atoms with Gasteiger partial charge in [-0.2, -0.15) is 0 Å². The number of thioether (sulfide) groups is 1. The number of rotatable bonds is 6. The molecule has 2 aromatic rings. The van der Waals surface area contributed by atoms with E-state index in [4.69, 9.17) is 23.8 Å². The number of benzene rings is 1. The molecular weight excluding hydrogens is 410 g/mol. The molecule has 134 valence electrons. The first-order chi connectivity index (χ1) is 12.5. The summed E-state index contributed by atoms with van der Waals surface area (Å²) in [6, 6.07) is 7.24. The summed E-state index contributed by atoms with van der Waals surface area (Å²) in [6.07, 6.45) is 4.25. The fourth-order valence-corrected chi connectivity index (χ4v) is 4.25. The van der Waals surface area contributed by atoms with Gasteiger partial charge in [0.15, 0.2) is 5.13 Å². The number of carbonyl (C=O) groups is 2. The van der Waals surface area contributed by atoms with Crippen LogP contribution in [-0.2, 0) is 9.59 Å². The van der Waals surface area contributed by atoms with E-state index >= 15 is 0 Å². The Balaban J connectivity index is 1.54. The van der Waals surface area contributed by atoms with Gasteiger partial charge in [0.2, 0.25) is 5.91 Å². The van der Waals surface area contributed by atoms with Gasteiger partial charge in [0.25, 0.3) is 5.91 Å². The number of nitrogens with zero attached hydrogens (tertiary/aromatic N) is 2. The second-order valence-electron chi connectivity index (χ2n) is 5.37. The van der Waals surface area contributed by atoms with E-state index in [0.717, 1.165) is 5.56 Å². The standard InChI is InChI=1S/C17H14ClN3O2S3/c18-12-5-3-11(4-6-12)10-13-15(23)21(17(24)26-13)8-1-2-14(22)20-16-19-7-9-25-16/h3-7,9-10H,1-2,8H2,(H,19,20,22). The van der Waals surface area contributed by atoms with Gasteiger partial charge >= 0.3 is 0 Å². The molecule has 0 radical (unpaired) electrons. The topological polar surface area (TPSA) is 62.3 Å². The number of hydrogen-bond donors (Lipinski definition) is 1. The Morgan fingerprint density at radius 2 is 2.12 bits per heavy atom. The smallest absolute Gasteiger partial charge is 0.266 e. The Morgan fingerprint density at radius 1 is 1.35 bits per heavy atom. The zero-order chi connectivity index (χ0) is 18.5. The fourth-order valence-electron chi connectivity index (χ4n) is 2.27. The highest BCUT2D eigenvalue weighted by molar-refractivity contribution is 8.26. The molecule has 1 fully saturated rings. The van der Waals surface area contributed by atoms with Crippen molar-refractivity contribution in [1.29, 1.82) is 0 Å². The molecule has 0 bridgehead atoms. The van der Waals surface area contributed by atoms with Crippen molar-refractivity contribution in [3.8, 4) is 0 Å². The van der Waals surface area contributed by atoms with E-state index in [2.05, 4.69) is 10.3 Å². The van der Waals surface area contributed by atoms with Crippen LogP contribution in [0.3, 0.4) is 0 Å². The number of anilines is 1. The molecule has 0 atom stereocenters. The van der Waals surface area contributed by atoms with Gasteiger partial charge in [0, 0.05) is 29.6 Å². The molecule has 0 spiro atoms. The maximum Gasteiger partial charge on any atom is 0.266 e. The molecule has 1 aromatic heterocycles. The van der Waals surface area contributed by atoms with Crippen LogP contribution in [-0.4, -0.2) is 32.6 Å². The first kappa shape index (κ1) is 19.0. The van der Waals surface area contributed by atoms with Gasteiger partial charge in [0.05, 0.1) is 4.91 Å². The normalized spacial score (nSPS) is 15.7. The van der Waals surface area contributed by atoms with E-state index in [9.17, 15) is 9.59 Å². The zero-order valence-corrected chi connectivity index (χ0v) is 16.7. The van der Waals surface area contributed by atoms with E-state index in [1.807, 2.05) is 12.1 Å². The van der Waals surface area contributed by atoms with Crippen LogP contribution < -0.4 is 5.32 Å². The molecule has 0 unspecified atom stereocenters. The van der Waals surface area contributed by atoms with E-state index in [0.29, 0.717) is 38.8 Å². The summed E-state index contributed by atoms with van der Waals surface area (Å²) >= 11 is 13.8. The molecule has 3 rings (SSSR count). The predicted octanol–water partition coefficient (Wildman–Crippen LogP) is 4.42. The second-order valence-corrected chi connectivity index (χ2v) is 8.38. The van der Waals surface area contributed by atoms with Crippen molar-refractivity contribution in [2.24, 2.45) is 0 Å². The first-order valence-electron chi connectivity index (χ1n) is 7.73. The molecular formula is C17H14ClN3O2S3. The Labute approximate surface area is 169 Å². The molecule has 1 aliphatic heterocycles. The maximum absolute atomic E-state index is 12.5. The van der Waals surface area contributed by atoms with E-state index < -0.39 is 0 Å². The average molecular weight is 424 g/mol. The van der Waals surface area contributed by atoms with Crippen LogP contribution in [0.25, 0.3) is 6.08 Å². The summed E-state index contributed by atoms with van der Waals surface area (Å²) in [7, 11) is 0. The van der Waals surface area contributed by atoms with Crippen LogP contribution in [0.15, 0.2) is 40.7 Å². The minimum Gasteiger partial charge on any atom is -0.302 e. The molecule has 5 nitrogen and oxygen atoms in total. The summed E-state index contributed by atoms with van der Waals surface area (Å²) in [5, 5.41) is 5.73. The average Bonchev–Trinajstić information content (AvgIpc) is 3.20. The van der Waals surface area contributed by atoms with Crippen molar-refractivity contribution in [3.63, 3.8) is 0 Å². The zero-order valence-electron chi connectivity index (χ0n) is 13.5. The van der Waals surface area contributed by atoms with E-state index in [1.54, 1.807) is 34.7 Å². The van der Waals surface area contributed by atoms with Crippen molar-refractivity contribution in [3.05, 3.63) is 51.3 Å². The van der Waals surface area contributed by atoms with Crippen molar-refractivity contribution in [2.75, 3.05) is 11.9 Å². The van der Waals surface area contributed by atoms with Crippen molar-refractivity contribution in [1.82, 2.24) is 9.88 Å². The highest BCUT2D eigenvalue weighted by atomic mass is 35.5. The van der Waals surface area contributed by atoms with Gasteiger partial charge in [-0.25, -0.2) is 4.98 Å². The molecule has 1 aliphatic rings. The van der Waals surface area contributed by atoms with Crippen LogP contribution >= 0.6 is 46.9 Å². The number of amides is 2. The number of halogens is 1. The van der Waals surface area contributed by atoms with Gasteiger partial charge in [-0.1, -0.05) is 47.7 Å². The third kappa shape index (κ3) is 4.91. The lowest BCUT2D eigenvalue weighted by atomic mass is 10.2. The van der Waals surface area contributed by atoms with Gasteiger partial charge in [0.1, 0.15) is 4.32 Å². The van der Waals surface area contributed by atoms with Gasteiger partial charge < -0.3 is 5.32 Å². The number of nitrogens with one attached hydrogen (secondary N) is 1. The summed E-state index contributed by atoms with van der Waals surface area (Å²) in [4.78, 5) is 30.5. The third-order valence-corrected chi connectivity index (χ3v) is 5.82. The predicted molar refractivity (Wildman–Crippen MR) is 111 cm³/mol. The maximum atomic E-state index is 12.5. The Morgan fingerprint density at radius 3 is 2.81 bits per heavy atom. The molecule has 1 saturated heterocycles. The highest BCUT2D eigenvalue weighted by Crippen LogP contribution is 2.32. The van der Waals surface area contributed by atoms with Crippen LogP contribution in [0, 0.1) is 0 Å². The second kappa shape index (κ2) is 8.77. The molecule has 0 aliphatic carbocycles. The lowest BCUT2D eigenvalue weighted by Gasteiger charge is -2.13. The third-order valence-electron chi connectivity index (χ3n) is 3.51. The monoisotopic (exact) mass is 423 g/mol. The largest absolute Gasteiger partial charge is 0.302 e. The highest BCUT2D eigenvalue weighted by Gasteiger charge is 2.31. The van der Waals surface area contributed by atoms with Crippen molar-refractivity contribution in [2.45, 2.75) is 12.8 Å². The number of carbonyl (C=O) groups excluding carboxylic acids is 2. The van der Waals surface area contributed by atoms with Crippen LogP contribution in [0.4, 0.5) is 5.13 Å². The molecule has 0 saturated carbocycles. The summed E-state index contributed by atoms with van der Waals surface area (Å²) in [5.41, 5.74) is 0.887. The first-order valence-corrected chi connectivity index (χ1v) is 10.2. The Bertz CT molecular complexity index is 851. The van der Waals surface area contributed by atoms with Crippen LogP contribution in [0.5, 0.6) is 0 Å². The molecule has 9 heteroatoms. The lowest BCUT2D eigenvalue weighted by molar-refractivity contribution is -0.122. The van der Waals surface area contributed by atoms with Gasteiger partial charge in [-0.3, -0.25) is 14.5 Å². The quantitative estimate of drug-likeness (QED) is 0.550. The van der Waals surface area contributed by atoms with E-state index in [-0.39, 0.29) is 11.8 Å². The van der Waals surface area contributed by atoms with Crippen LogP contribution in [0.2, 0.25) is 5.02 Å². The molecule has 2 amide bonds. The van der Waals surface area contributed by atoms with E-state index in [1.165, 1.54) is 23.1 Å². The van der Waals surface area contributed by atoms with Gasteiger partial charge in [-0.05, 0) is 30.2 Å². The summed E-state index contributed by atoms with van der Waals surface area (Å²) in [6.45, 7) is 0.411. The molecule has 1 aromatic carbocycles. The number of aromatic nitrogens is 1. The summed E-state index contributed by atoms with van der Waals surface area (Å²) < 4.78 is 0.510. The van der Waals surface area contributed by atoms with Gasteiger partial charge in [-0.15, -0.1) is 11.3 Å². The molecule has 2 heterocycles. The fraction of sp³-hybridized carbons (Fsp3) is 0.176. The minimum atomic E-state index is -0.129. The van der Waals surface area contributed by atoms with Crippen molar-refractivity contribution < 1.29 is 9.59 Å². The SMILES string of the molecule is O=C(CCCN1C(=O)C(=Cc2ccc(Cl)cc2)SC1=S)Nc1nccs1. The number of thiazole rings is 1. The van der Waals surface area contributed by atoms with Crippen LogP contribution in [0.1, 0.15) is 18.4 Å². The number of hydrogen-bond acceptors (Lipinski definition) is 6. The number of thiocarbonyl (C=S) groups is 1.